The maximum atomic E-state index is 14.2. The third kappa shape index (κ3) is 2.38. The van der Waals surface area contributed by atoms with Crippen molar-refractivity contribution in [1.29, 1.82) is 0 Å². The predicted octanol–water partition coefficient (Wildman–Crippen LogP) is 9.05. The normalized spacial score (nSPS) is 51.4. The van der Waals surface area contributed by atoms with E-state index in [1.54, 1.807) is 27.7 Å². The minimum Gasteiger partial charge on any atom is -0.298 e. The van der Waals surface area contributed by atoms with E-state index in [0.717, 1.165) is 22.3 Å². The van der Waals surface area contributed by atoms with Gasteiger partial charge in [-0.05, 0) is 55.4 Å². The molecule has 5 aliphatic carbocycles. The van der Waals surface area contributed by atoms with Gasteiger partial charge in [-0.15, -0.1) is 0 Å². The van der Waals surface area contributed by atoms with Crippen molar-refractivity contribution >= 4 is 104 Å². The fourth-order valence-electron chi connectivity index (χ4n) is 9.27. The number of rotatable bonds is 0. The zero-order valence-electron chi connectivity index (χ0n) is 21.1. The van der Waals surface area contributed by atoms with Gasteiger partial charge >= 0.3 is 0 Å². The zero-order chi connectivity index (χ0) is 27.8. The summed E-state index contributed by atoms with van der Waals surface area (Å²) in [6.45, 7) is 14.6. The van der Waals surface area contributed by atoms with Gasteiger partial charge in [-0.3, -0.25) is 9.59 Å². The lowest BCUT2D eigenvalue weighted by Gasteiger charge is -2.62. The topological polar surface area (TPSA) is 34.1 Å². The van der Waals surface area contributed by atoms with E-state index in [1.807, 2.05) is 27.7 Å². The number of Topliss-reactive ketones (excluding diaryl/α,β-unsaturated/α-hetero) is 2. The van der Waals surface area contributed by atoms with Gasteiger partial charge in [0.05, 0.1) is 21.7 Å². The Kier molecular flexibility index (Phi) is 5.67. The van der Waals surface area contributed by atoms with Crippen molar-refractivity contribution in [2.24, 2.45) is 45.3 Å². The van der Waals surface area contributed by atoms with Gasteiger partial charge in [-0.2, -0.15) is 0 Å². The highest BCUT2D eigenvalue weighted by atomic mass is 35.5. The number of fused-ring (bicyclic) bond motifs is 10. The Morgan fingerprint density at radius 2 is 0.556 bits per heavy atom. The van der Waals surface area contributed by atoms with Crippen LogP contribution in [0.5, 0.6) is 0 Å². The van der Waals surface area contributed by atoms with Crippen molar-refractivity contribution in [3.63, 3.8) is 0 Å². The molecule has 0 N–H and O–H groups in total. The minimum atomic E-state index is -1.97. The van der Waals surface area contributed by atoms with Crippen molar-refractivity contribution < 1.29 is 9.59 Å². The van der Waals surface area contributed by atoms with E-state index in [1.165, 1.54) is 0 Å². The van der Waals surface area contributed by atoms with E-state index in [9.17, 15) is 9.59 Å². The van der Waals surface area contributed by atoms with Gasteiger partial charge in [-0.25, -0.2) is 0 Å². The zero-order valence-corrected chi connectivity index (χ0v) is 27.2. The smallest absolute Gasteiger partial charge is 0.155 e. The quantitative estimate of drug-likeness (QED) is 0.193. The molecule has 5 rings (SSSR count). The van der Waals surface area contributed by atoms with Gasteiger partial charge < -0.3 is 0 Å². The average molecular weight is 656 g/mol. The number of halogens is 8. The monoisotopic (exact) mass is 652 g/mol. The number of carbonyl (C=O) groups is 2. The SMILES string of the molecule is CC1=C(C)[C@@]2(C)C(=O)[C@@]1(C)[C@@H]1[C@@H]2C(Cl)(Cl)C(Cl)(Cl)[C@@H]2[C@@H](C(Cl)(Cl)C1(Cl)Cl)[C@@]1(C)C(=O)[C@@]2(C)C(C)=C1C. The number of carbonyl (C=O) groups excluding carboxylic acids is 2. The predicted molar refractivity (Wildman–Crippen MR) is 151 cm³/mol. The second-order valence-electron chi connectivity index (χ2n) is 12.4. The Hall–Kier alpha value is 1.14. The van der Waals surface area contributed by atoms with Gasteiger partial charge in [0.2, 0.25) is 0 Å². The molecule has 0 aromatic heterocycles. The summed E-state index contributed by atoms with van der Waals surface area (Å²) in [6, 6.07) is 0. The molecule has 8 atom stereocenters. The van der Waals surface area contributed by atoms with Crippen LogP contribution in [0.1, 0.15) is 55.4 Å². The van der Waals surface area contributed by atoms with Crippen LogP contribution in [0.3, 0.4) is 0 Å². The van der Waals surface area contributed by atoms with E-state index < -0.39 is 62.7 Å². The fraction of sp³-hybridized carbons (Fsp3) is 0.769. The molecule has 4 bridgehead atoms. The van der Waals surface area contributed by atoms with Gasteiger partial charge in [0, 0.05) is 23.7 Å². The summed E-state index contributed by atoms with van der Waals surface area (Å²) in [5.74, 6) is -4.05. The van der Waals surface area contributed by atoms with E-state index in [-0.39, 0.29) is 11.6 Å². The lowest BCUT2D eigenvalue weighted by atomic mass is 9.54. The summed E-state index contributed by atoms with van der Waals surface area (Å²) in [7, 11) is 0. The summed E-state index contributed by atoms with van der Waals surface area (Å²) < 4.78 is -7.87. The Balaban J connectivity index is 1.94. The van der Waals surface area contributed by atoms with Crippen LogP contribution in [0, 0.1) is 45.3 Å². The summed E-state index contributed by atoms with van der Waals surface area (Å²) in [6.07, 6.45) is 0. The number of hydrogen-bond donors (Lipinski definition) is 0. The highest BCUT2D eigenvalue weighted by molar-refractivity contribution is 6.65. The summed E-state index contributed by atoms with van der Waals surface area (Å²) in [5, 5.41) is 0. The molecule has 5 aliphatic rings. The molecular formula is C26H28Cl8O2. The number of allylic oxidation sites excluding steroid dienone is 4. The molecule has 3 fully saturated rings. The molecule has 36 heavy (non-hydrogen) atoms. The van der Waals surface area contributed by atoms with Crippen LogP contribution in [0.2, 0.25) is 0 Å². The molecule has 0 saturated heterocycles. The van der Waals surface area contributed by atoms with Gasteiger partial charge in [0.25, 0.3) is 0 Å². The maximum Gasteiger partial charge on any atom is 0.155 e. The van der Waals surface area contributed by atoms with Gasteiger partial charge in [0.15, 0.2) is 28.9 Å². The van der Waals surface area contributed by atoms with Gasteiger partial charge in [-0.1, -0.05) is 115 Å². The van der Waals surface area contributed by atoms with Crippen molar-refractivity contribution in [1.82, 2.24) is 0 Å². The number of hydrogen-bond acceptors (Lipinski definition) is 2. The standard InChI is InChI=1S/C26H28Cl8O2/c1-9-10(2)20(6)14-13(19(9,5)17(20)35)23(27,28)25(31,32)15-16(26(33,34)24(14,29)30)22(8)12(4)11(3)21(15,7)18(22)36/h13-16H,1-8H3/t13-,14-,15+,16+,19+,20+,21-,22-. The van der Waals surface area contributed by atoms with Crippen LogP contribution in [-0.4, -0.2) is 28.9 Å². The molecule has 0 spiro atoms. The third-order valence-corrected chi connectivity index (χ3v) is 16.8. The van der Waals surface area contributed by atoms with E-state index in [0.29, 0.717) is 0 Å². The molecule has 10 heteroatoms. The summed E-state index contributed by atoms with van der Waals surface area (Å²) in [5.41, 5.74) is -1.45. The Labute approximate surface area is 252 Å². The first-order valence-corrected chi connectivity index (χ1v) is 14.9. The van der Waals surface area contributed by atoms with Crippen molar-refractivity contribution in [3.05, 3.63) is 22.3 Å². The Morgan fingerprint density at radius 3 is 0.694 bits per heavy atom. The van der Waals surface area contributed by atoms with Crippen molar-refractivity contribution in [3.8, 4) is 0 Å². The highest BCUT2D eigenvalue weighted by Crippen LogP contribution is 2.84. The molecular weight excluding hydrogens is 628 g/mol. The van der Waals surface area contributed by atoms with E-state index >= 15 is 0 Å². The summed E-state index contributed by atoms with van der Waals surface area (Å²) >= 11 is 58.6. The average Bonchev–Trinajstić information content (AvgIpc) is 3.19. The third-order valence-electron chi connectivity index (χ3n) is 11.7. The van der Waals surface area contributed by atoms with Crippen LogP contribution >= 0.6 is 92.8 Å². The second kappa shape index (κ2) is 7.13. The molecule has 0 unspecified atom stereocenters. The largest absolute Gasteiger partial charge is 0.298 e. The lowest BCUT2D eigenvalue weighted by Crippen LogP contribution is -2.69. The molecule has 0 aromatic carbocycles. The summed E-state index contributed by atoms with van der Waals surface area (Å²) in [4.78, 5) is 28.4. The molecule has 0 heterocycles. The van der Waals surface area contributed by atoms with Crippen LogP contribution in [0.15, 0.2) is 22.3 Å². The Bertz CT molecular complexity index is 1050. The lowest BCUT2D eigenvalue weighted by molar-refractivity contribution is -0.130. The van der Waals surface area contributed by atoms with Crippen LogP contribution in [-0.2, 0) is 9.59 Å². The molecule has 0 radical (unpaired) electrons. The van der Waals surface area contributed by atoms with Crippen molar-refractivity contribution in [2.45, 2.75) is 72.7 Å². The van der Waals surface area contributed by atoms with Gasteiger partial charge in [0.1, 0.15) is 0 Å². The maximum absolute atomic E-state index is 14.2. The molecule has 0 aliphatic heterocycles. The van der Waals surface area contributed by atoms with Crippen molar-refractivity contribution in [2.75, 3.05) is 0 Å². The first-order valence-electron chi connectivity index (χ1n) is 11.9. The fourth-order valence-corrected chi connectivity index (χ4v) is 13.0. The number of alkyl halides is 8. The molecule has 0 amide bonds. The van der Waals surface area contributed by atoms with Crippen LogP contribution in [0.25, 0.3) is 0 Å². The first kappa shape index (κ1) is 28.7. The second-order valence-corrected chi connectivity index (χ2v) is 17.9. The molecule has 2 nitrogen and oxygen atoms in total. The highest BCUT2D eigenvalue weighted by Gasteiger charge is 2.88. The first-order chi connectivity index (χ1) is 15.9. The van der Waals surface area contributed by atoms with Crippen LogP contribution < -0.4 is 0 Å². The van der Waals surface area contributed by atoms with E-state index in [4.69, 9.17) is 92.8 Å². The molecule has 3 saturated carbocycles. The van der Waals surface area contributed by atoms with E-state index in [2.05, 4.69) is 0 Å². The van der Waals surface area contributed by atoms with Crippen LogP contribution in [0.4, 0.5) is 0 Å². The Morgan fingerprint density at radius 1 is 0.417 bits per heavy atom. The molecule has 200 valence electrons. The molecule has 0 aromatic rings. The number of ketones is 2. The minimum absolute atomic E-state index is 0.126.